The van der Waals surface area contributed by atoms with E-state index in [9.17, 15) is 4.79 Å². The topological polar surface area (TPSA) is 72.3 Å². The van der Waals surface area contributed by atoms with E-state index in [1.807, 2.05) is 0 Å². The summed E-state index contributed by atoms with van der Waals surface area (Å²) in [6.07, 6.45) is 5.11. The Labute approximate surface area is 97.3 Å². The van der Waals surface area contributed by atoms with Crippen molar-refractivity contribution < 1.29 is 4.79 Å². The van der Waals surface area contributed by atoms with Crippen LogP contribution in [0.15, 0.2) is 0 Å². The summed E-state index contributed by atoms with van der Waals surface area (Å²) in [7, 11) is 0. The quantitative estimate of drug-likeness (QED) is 0.717. The fraction of sp³-hybridized carbons (Fsp3) is 0.917. The first-order chi connectivity index (χ1) is 7.51. The molecule has 0 bridgehead atoms. The van der Waals surface area contributed by atoms with Crippen LogP contribution in [0.1, 0.15) is 39.0 Å². The average molecular weight is 225 g/mol. The van der Waals surface area contributed by atoms with Crippen LogP contribution in [0.25, 0.3) is 0 Å². The second-order valence-electron chi connectivity index (χ2n) is 5.66. The maximum Gasteiger partial charge on any atom is 0.237 e. The van der Waals surface area contributed by atoms with Gasteiger partial charge in [0.25, 0.3) is 0 Å². The summed E-state index contributed by atoms with van der Waals surface area (Å²) in [5, 5.41) is 0. The van der Waals surface area contributed by atoms with Crippen LogP contribution in [0.4, 0.5) is 0 Å². The molecule has 0 spiro atoms. The highest BCUT2D eigenvalue weighted by atomic mass is 16.1. The summed E-state index contributed by atoms with van der Waals surface area (Å²) in [5.74, 6) is 0.440. The van der Waals surface area contributed by atoms with Crippen LogP contribution in [0, 0.1) is 5.92 Å². The minimum absolute atomic E-state index is 0.333. The van der Waals surface area contributed by atoms with Crippen LogP contribution in [-0.2, 0) is 4.79 Å². The summed E-state index contributed by atoms with van der Waals surface area (Å²) >= 11 is 0. The summed E-state index contributed by atoms with van der Waals surface area (Å²) in [5.41, 5.74) is 10.7. The monoisotopic (exact) mass is 225 g/mol. The van der Waals surface area contributed by atoms with E-state index in [1.54, 1.807) is 0 Å². The van der Waals surface area contributed by atoms with Crippen molar-refractivity contribution in [2.24, 2.45) is 17.4 Å². The Balaban J connectivity index is 1.95. The molecule has 1 aliphatic heterocycles. The molecule has 92 valence electrons. The van der Waals surface area contributed by atoms with Gasteiger partial charge in [-0.15, -0.1) is 0 Å². The number of likely N-dealkylation sites (tertiary alicyclic amines) is 1. The molecular weight excluding hydrogens is 202 g/mol. The van der Waals surface area contributed by atoms with Gasteiger partial charge in [-0.05, 0) is 44.6 Å². The predicted octanol–water partition coefficient (Wildman–Crippen LogP) is 0.454. The predicted molar refractivity (Wildman–Crippen MR) is 63.7 cm³/mol. The lowest BCUT2D eigenvalue weighted by molar-refractivity contribution is -0.123. The van der Waals surface area contributed by atoms with Crippen LogP contribution < -0.4 is 11.5 Å². The third-order valence-corrected chi connectivity index (χ3v) is 4.22. The third kappa shape index (κ3) is 2.23. The van der Waals surface area contributed by atoms with Gasteiger partial charge in [0.2, 0.25) is 5.91 Å². The molecule has 2 fully saturated rings. The Morgan fingerprint density at radius 3 is 2.75 bits per heavy atom. The molecule has 0 aromatic carbocycles. The van der Waals surface area contributed by atoms with E-state index in [0.29, 0.717) is 6.04 Å². The SMILES string of the molecule is CC1CCCN(C2CCC(N)(C(N)=O)C2)C1. The molecule has 1 saturated carbocycles. The Morgan fingerprint density at radius 2 is 2.19 bits per heavy atom. The Hall–Kier alpha value is -0.610. The number of amides is 1. The van der Waals surface area contributed by atoms with E-state index in [4.69, 9.17) is 11.5 Å². The molecule has 16 heavy (non-hydrogen) atoms. The van der Waals surface area contributed by atoms with Crippen LogP contribution >= 0.6 is 0 Å². The molecule has 1 amide bonds. The number of carbonyl (C=O) groups is 1. The molecule has 0 aromatic rings. The Bertz CT molecular complexity index is 281. The van der Waals surface area contributed by atoms with E-state index in [1.165, 1.54) is 12.8 Å². The smallest absolute Gasteiger partial charge is 0.237 e. The molecule has 4 N–H and O–H groups in total. The van der Waals surface area contributed by atoms with Crippen molar-refractivity contribution in [3.63, 3.8) is 0 Å². The molecule has 2 rings (SSSR count). The molecule has 2 aliphatic rings. The van der Waals surface area contributed by atoms with Crippen molar-refractivity contribution in [2.75, 3.05) is 13.1 Å². The minimum Gasteiger partial charge on any atom is -0.368 e. The van der Waals surface area contributed by atoms with Crippen LogP contribution in [-0.4, -0.2) is 35.5 Å². The second-order valence-corrected chi connectivity index (χ2v) is 5.66. The van der Waals surface area contributed by atoms with Gasteiger partial charge >= 0.3 is 0 Å². The molecule has 3 unspecified atom stereocenters. The van der Waals surface area contributed by atoms with Gasteiger partial charge < -0.3 is 16.4 Å². The number of piperidine rings is 1. The van der Waals surface area contributed by atoms with Gasteiger partial charge in [0, 0.05) is 12.6 Å². The summed E-state index contributed by atoms with van der Waals surface area (Å²) in [4.78, 5) is 13.8. The van der Waals surface area contributed by atoms with Gasteiger partial charge in [-0.25, -0.2) is 0 Å². The first kappa shape index (κ1) is 11.9. The lowest BCUT2D eigenvalue weighted by Gasteiger charge is -2.36. The van der Waals surface area contributed by atoms with E-state index in [2.05, 4.69) is 11.8 Å². The molecule has 1 aliphatic carbocycles. The summed E-state index contributed by atoms with van der Waals surface area (Å²) in [6, 6.07) is 0.472. The first-order valence-electron chi connectivity index (χ1n) is 6.34. The van der Waals surface area contributed by atoms with E-state index in [0.717, 1.165) is 38.3 Å². The normalized spacial score (nSPS) is 41.1. The molecular formula is C12H23N3O. The number of hydrogen-bond acceptors (Lipinski definition) is 3. The van der Waals surface area contributed by atoms with Crippen LogP contribution in [0.5, 0.6) is 0 Å². The van der Waals surface area contributed by atoms with Crippen molar-refractivity contribution >= 4 is 5.91 Å². The van der Waals surface area contributed by atoms with Crippen LogP contribution in [0.2, 0.25) is 0 Å². The van der Waals surface area contributed by atoms with E-state index >= 15 is 0 Å². The van der Waals surface area contributed by atoms with Gasteiger partial charge in [-0.3, -0.25) is 4.79 Å². The minimum atomic E-state index is -0.745. The maximum atomic E-state index is 11.3. The number of nitrogens with zero attached hydrogens (tertiary/aromatic N) is 1. The second kappa shape index (κ2) is 4.34. The standard InChI is InChI=1S/C12H23N3O/c1-9-3-2-6-15(8-9)10-4-5-12(14,7-10)11(13)16/h9-10H,2-8,14H2,1H3,(H2,13,16). The van der Waals surface area contributed by atoms with E-state index in [-0.39, 0.29) is 5.91 Å². The number of hydrogen-bond donors (Lipinski definition) is 2. The van der Waals surface area contributed by atoms with Gasteiger partial charge in [0.1, 0.15) is 0 Å². The zero-order chi connectivity index (χ0) is 11.8. The zero-order valence-corrected chi connectivity index (χ0v) is 10.1. The largest absolute Gasteiger partial charge is 0.368 e. The number of rotatable bonds is 2. The highest BCUT2D eigenvalue weighted by Crippen LogP contribution is 2.33. The molecule has 1 saturated heterocycles. The molecule has 1 heterocycles. The third-order valence-electron chi connectivity index (χ3n) is 4.22. The molecule has 4 heteroatoms. The zero-order valence-electron chi connectivity index (χ0n) is 10.1. The van der Waals surface area contributed by atoms with Crippen molar-refractivity contribution in [3.8, 4) is 0 Å². The highest BCUT2D eigenvalue weighted by Gasteiger charge is 2.42. The Kier molecular flexibility index (Phi) is 3.22. The fourth-order valence-electron chi connectivity index (χ4n) is 3.14. The van der Waals surface area contributed by atoms with Crippen molar-refractivity contribution in [2.45, 2.75) is 50.6 Å². The van der Waals surface area contributed by atoms with Gasteiger partial charge in [-0.1, -0.05) is 6.92 Å². The van der Waals surface area contributed by atoms with E-state index < -0.39 is 5.54 Å². The van der Waals surface area contributed by atoms with Crippen LogP contribution in [0.3, 0.4) is 0 Å². The lowest BCUT2D eigenvalue weighted by Crippen LogP contribution is -2.51. The van der Waals surface area contributed by atoms with Crippen molar-refractivity contribution in [3.05, 3.63) is 0 Å². The number of nitrogens with two attached hydrogens (primary N) is 2. The lowest BCUT2D eigenvalue weighted by atomic mass is 9.96. The molecule has 0 aromatic heterocycles. The number of primary amides is 1. The van der Waals surface area contributed by atoms with Gasteiger partial charge in [0.05, 0.1) is 5.54 Å². The number of carbonyl (C=O) groups excluding carboxylic acids is 1. The van der Waals surface area contributed by atoms with Crippen molar-refractivity contribution in [1.82, 2.24) is 4.90 Å². The average Bonchev–Trinajstić information content (AvgIpc) is 2.62. The Morgan fingerprint density at radius 1 is 1.44 bits per heavy atom. The molecule has 3 atom stereocenters. The van der Waals surface area contributed by atoms with Gasteiger partial charge in [0.15, 0.2) is 0 Å². The fourth-order valence-corrected chi connectivity index (χ4v) is 3.14. The van der Waals surface area contributed by atoms with Crippen molar-refractivity contribution in [1.29, 1.82) is 0 Å². The highest BCUT2D eigenvalue weighted by molar-refractivity contribution is 5.84. The summed E-state index contributed by atoms with van der Waals surface area (Å²) in [6.45, 7) is 4.61. The first-order valence-corrected chi connectivity index (χ1v) is 6.34. The summed E-state index contributed by atoms with van der Waals surface area (Å²) < 4.78 is 0. The van der Waals surface area contributed by atoms with Gasteiger partial charge in [-0.2, -0.15) is 0 Å². The maximum absolute atomic E-state index is 11.3. The molecule has 4 nitrogen and oxygen atoms in total. The molecule has 0 radical (unpaired) electrons.